The van der Waals surface area contributed by atoms with E-state index in [0.29, 0.717) is 10.0 Å². The van der Waals surface area contributed by atoms with Gasteiger partial charge in [0.25, 0.3) is 0 Å². The van der Waals surface area contributed by atoms with E-state index in [1.807, 2.05) is 38.1 Å². The van der Waals surface area contributed by atoms with Crippen molar-refractivity contribution in [1.29, 1.82) is 0 Å². The minimum absolute atomic E-state index is 0.662. The molecule has 0 saturated heterocycles. The summed E-state index contributed by atoms with van der Waals surface area (Å²) in [7, 11) is 0. The first-order valence-corrected chi connectivity index (χ1v) is 7.51. The van der Waals surface area contributed by atoms with Crippen molar-refractivity contribution in [2.45, 2.75) is 18.7 Å². The predicted octanol–water partition coefficient (Wildman–Crippen LogP) is 6.74. The molecule has 4 heteroatoms. The Balaban J connectivity index is 0.000000771. The number of hydrogen-bond donors (Lipinski definition) is 1. The molecule has 0 amide bonds. The van der Waals surface area contributed by atoms with E-state index < -0.39 is 0 Å². The van der Waals surface area contributed by atoms with Crippen LogP contribution in [0.1, 0.15) is 13.8 Å². The summed E-state index contributed by atoms with van der Waals surface area (Å²) in [5.41, 5.74) is 1.87. The third-order valence-electron chi connectivity index (χ3n) is 2.18. The number of hydrogen-bond acceptors (Lipinski definition) is 1. The van der Waals surface area contributed by atoms with Crippen molar-refractivity contribution in [1.82, 2.24) is 0 Å². The minimum atomic E-state index is 0.662. The molecule has 0 aliphatic carbocycles. The highest BCUT2D eigenvalue weighted by Gasteiger charge is 2.07. The molecule has 2 rings (SSSR count). The summed E-state index contributed by atoms with van der Waals surface area (Å²) < 4.78 is 0.986. The summed E-state index contributed by atoms with van der Waals surface area (Å²) in [6.07, 6.45) is 0. The van der Waals surface area contributed by atoms with E-state index in [1.54, 1.807) is 12.1 Å². The maximum Gasteiger partial charge on any atom is 0.0485 e. The predicted molar refractivity (Wildman–Crippen MR) is 88.2 cm³/mol. The summed E-state index contributed by atoms with van der Waals surface area (Å²) in [5.74, 6) is 0. The average molecular weight is 364 g/mol. The third-order valence-corrected chi connectivity index (χ3v) is 3.61. The van der Waals surface area contributed by atoms with Crippen LogP contribution in [0.15, 0.2) is 45.8 Å². The largest absolute Gasteiger partial charge is 0.143 e. The van der Waals surface area contributed by atoms with Crippen LogP contribution in [-0.4, -0.2) is 0 Å². The first kappa shape index (κ1) is 15.9. The molecule has 18 heavy (non-hydrogen) atoms. The molecule has 0 saturated carbocycles. The second-order valence-electron chi connectivity index (χ2n) is 3.29. The molecule has 2 aromatic carbocycles. The van der Waals surface area contributed by atoms with Gasteiger partial charge in [0.2, 0.25) is 0 Å². The van der Waals surface area contributed by atoms with Crippen molar-refractivity contribution < 1.29 is 0 Å². The number of benzene rings is 2. The van der Waals surface area contributed by atoms with E-state index >= 15 is 0 Å². The number of thiol groups is 1. The molecule has 0 unspecified atom stereocenters. The summed E-state index contributed by atoms with van der Waals surface area (Å²) in [4.78, 5) is 0.860. The summed E-state index contributed by atoms with van der Waals surface area (Å²) in [6.45, 7) is 4.00. The van der Waals surface area contributed by atoms with Crippen LogP contribution in [0.4, 0.5) is 0 Å². The van der Waals surface area contributed by atoms with Gasteiger partial charge in [-0.1, -0.05) is 59.0 Å². The molecule has 0 radical (unpaired) electrons. The molecule has 0 aliphatic rings. The average Bonchev–Trinajstić information content (AvgIpc) is 2.35. The maximum absolute atomic E-state index is 6.14. The van der Waals surface area contributed by atoms with Gasteiger partial charge in [-0.3, -0.25) is 0 Å². The smallest absolute Gasteiger partial charge is 0.0485 e. The van der Waals surface area contributed by atoms with Crippen molar-refractivity contribution in [3.8, 4) is 11.1 Å². The lowest BCUT2D eigenvalue weighted by atomic mass is 10.1. The Kier molecular flexibility index (Phi) is 6.58. The molecule has 0 spiro atoms. The van der Waals surface area contributed by atoms with Gasteiger partial charge in [-0.25, -0.2) is 0 Å². The summed E-state index contributed by atoms with van der Waals surface area (Å²) in [6, 6.07) is 11.2. The lowest BCUT2D eigenvalue weighted by Crippen LogP contribution is -1.82. The molecular formula is C14H13BrCl2S. The van der Waals surface area contributed by atoms with Crippen molar-refractivity contribution in [3.05, 3.63) is 50.9 Å². The first-order chi connectivity index (χ1) is 8.58. The molecule has 96 valence electrons. The van der Waals surface area contributed by atoms with E-state index in [4.69, 9.17) is 23.2 Å². The zero-order valence-electron chi connectivity index (χ0n) is 10.0. The molecule has 0 atom stereocenters. The molecular weight excluding hydrogens is 351 g/mol. The van der Waals surface area contributed by atoms with E-state index in [9.17, 15) is 0 Å². The molecule has 0 fully saturated rings. The quantitative estimate of drug-likeness (QED) is 0.533. The molecule has 0 aromatic heterocycles. The van der Waals surface area contributed by atoms with Gasteiger partial charge in [0, 0.05) is 25.0 Å². The van der Waals surface area contributed by atoms with Crippen LogP contribution in [0.5, 0.6) is 0 Å². The van der Waals surface area contributed by atoms with Gasteiger partial charge in [-0.05, 0) is 35.9 Å². The number of rotatable bonds is 1. The molecule has 0 N–H and O–H groups in total. The fourth-order valence-corrected chi connectivity index (χ4v) is 2.70. The second-order valence-corrected chi connectivity index (χ2v) is 5.53. The lowest BCUT2D eigenvalue weighted by Gasteiger charge is -2.08. The van der Waals surface area contributed by atoms with Gasteiger partial charge in [0.05, 0.1) is 0 Å². The SMILES string of the molecule is CC.Sc1cc(Br)ccc1-c1cc(Cl)ccc1Cl. The van der Waals surface area contributed by atoms with Crippen molar-refractivity contribution in [2.24, 2.45) is 0 Å². The molecule has 2 aromatic rings. The molecule has 0 bridgehead atoms. The highest BCUT2D eigenvalue weighted by molar-refractivity contribution is 9.10. The molecule has 0 aliphatic heterocycles. The summed E-state index contributed by atoms with van der Waals surface area (Å²) in [5, 5.41) is 1.33. The highest BCUT2D eigenvalue weighted by Crippen LogP contribution is 2.35. The lowest BCUT2D eigenvalue weighted by molar-refractivity contribution is 1.43. The van der Waals surface area contributed by atoms with Crippen LogP contribution < -0.4 is 0 Å². The normalized spacial score (nSPS) is 9.67. The van der Waals surface area contributed by atoms with Gasteiger partial charge >= 0.3 is 0 Å². The van der Waals surface area contributed by atoms with Crippen LogP contribution in [0.3, 0.4) is 0 Å². The minimum Gasteiger partial charge on any atom is -0.143 e. The van der Waals surface area contributed by atoms with Gasteiger partial charge in [-0.15, -0.1) is 12.6 Å². The van der Waals surface area contributed by atoms with E-state index in [2.05, 4.69) is 28.6 Å². The maximum atomic E-state index is 6.14. The third kappa shape index (κ3) is 3.92. The fraction of sp³-hybridized carbons (Fsp3) is 0.143. The van der Waals surface area contributed by atoms with Crippen LogP contribution in [-0.2, 0) is 0 Å². The van der Waals surface area contributed by atoms with Crippen LogP contribution in [0.2, 0.25) is 10.0 Å². The Labute approximate surface area is 132 Å². The van der Waals surface area contributed by atoms with Crippen LogP contribution in [0, 0.1) is 0 Å². The Morgan fingerprint density at radius 3 is 2.22 bits per heavy atom. The molecule has 0 nitrogen and oxygen atoms in total. The Hall–Kier alpha value is -0.150. The first-order valence-electron chi connectivity index (χ1n) is 5.52. The van der Waals surface area contributed by atoms with Crippen LogP contribution in [0.25, 0.3) is 11.1 Å². The topological polar surface area (TPSA) is 0 Å². The summed E-state index contributed by atoms with van der Waals surface area (Å²) >= 11 is 19.9. The van der Waals surface area contributed by atoms with Crippen molar-refractivity contribution in [3.63, 3.8) is 0 Å². The van der Waals surface area contributed by atoms with Crippen molar-refractivity contribution >= 4 is 51.8 Å². The zero-order valence-corrected chi connectivity index (χ0v) is 14.0. The molecule has 0 heterocycles. The van der Waals surface area contributed by atoms with E-state index in [1.165, 1.54) is 0 Å². The zero-order chi connectivity index (χ0) is 13.7. The van der Waals surface area contributed by atoms with Gasteiger partial charge in [0.1, 0.15) is 0 Å². The monoisotopic (exact) mass is 362 g/mol. The Morgan fingerprint density at radius 1 is 0.944 bits per heavy atom. The highest BCUT2D eigenvalue weighted by atomic mass is 79.9. The van der Waals surface area contributed by atoms with Crippen molar-refractivity contribution in [2.75, 3.05) is 0 Å². The number of halogens is 3. The van der Waals surface area contributed by atoms with E-state index in [0.717, 1.165) is 20.5 Å². The van der Waals surface area contributed by atoms with Gasteiger partial charge in [0.15, 0.2) is 0 Å². The van der Waals surface area contributed by atoms with Crippen LogP contribution >= 0.6 is 51.8 Å². The second kappa shape index (κ2) is 7.44. The van der Waals surface area contributed by atoms with Gasteiger partial charge < -0.3 is 0 Å². The van der Waals surface area contributed by atoms with Gasteiger partial charge in [-0.2, -0.15) is 0 Å². The van der Waals surface area contributed by atoms with E-state index in [-0.39, 0.29) is 0 Å². The standard InChI is InChI=1S/C12H7BrCl2S.C2H6/c13-7-1-3-9(12(16)5-7)10-6-8(14)2-4-11(10)15;1-2/h1-6,16H;1-2H3. The Morgan fingerprint density at radius 2 is 1.61 bits per heavy atom. The Bertz CT molecular complexity index is 541. The fourth-order valence-electron chi connectivity index (χ4n) is 1.44.